The molecule has 0 aromatic carbocycles. The molecule has 4 rings (SSSR count). The quantitative estimate of drug-likeness (QED) is 0.703. The normalized spacial score (nSPS) is 14.4. The predicted octanol–water partition coefficient (Wildman–Crippen LogP) is 0.753. The summed E-state index contributed by atoms with van der Waals surface area (Å²) in [6.07, 6.45) is 7.74. The number of hydrogen-bond acceptors (Lipinski definition) is 5. The third-order valence-electron chi connectivity index (χ3n) is 3.80. The van der Waals surface area contributed by atoms with E-state index in [1.54, 1.807) is 16.8 Å². The number of aromatic nitrogens is 6. The maximum absolute atomic E-state index is 12.5. The number of tetrazole rings is 1. The summed E-state index contributed by atoms with van der Waals surface area (Å²) >= 11 is 0. The molecule has 0 amide bonds. The van der Waals surface area contributed by atoms with Crippen molar-refractivity contribution >= 4 is 5.65 Å². The molecule has 7 heteroatoms. The van der Waals surface area contributed by atoms with Crippen molar-refractivity contribution in [2.24, 2.45) is 0 Å². The number of aromatic amines is 1. The third kappa shape index (κ3) is 1.56. The van der Waals surface area contributed by atoms with Crippen molar-refractivity contribution in [1.82, 2.24) is 30.0 Å². The Morgan fingerprint density at radius 3 is 3.00 bits per heavy atom. The first-order valence-electron chi connectivity index (χ1n) is 6.61. The molecule has 0 radical (unpaired) electrons. The molecule has 20 heavy (non-hydrogen) atoms. The third-order valence-corrected chi connectivity index (χ3v) is 3.80. The summed E-state index contributed by atoms with van der Waals surface area (Å²) in [6.45, 7) is 0. The highest BCUT2D eigenvalue weighted by molar-refractivity contribution is 5.58. The number of fused-ring (bicyclic) bond motifs is 3. The van der Waals surface area contributed by atoms with Crippen LogP contribution in [0.15, 0.2) is 23.3 Å². The lowest BCUT2D eigenvalue weighted by Crippen LogP contribution is -2.20. The van der Waals surface area contributed by atoms with Crippen LogP contribution >= 0.6 is 0 Å². The summed E-state index contributed by atoms with van der Waals surface area (Å²) < 4.78 is 1.59. The summed E-state index contributed by atoms with van der Waals surface area (Å²) in [5.74, 6) is 0.342. The van der Waals surface area contributed by atoms with Gasteiger partial charge in [0.1, 0.15) is 11.2 Å². The smallest absolute Gasteiger partial charge is 0.268 e. The van der Waals surface area contributed by atoms with E-state index in [2.05, 4.69) is 25.6 Å². The monoisotopic (exact) mass is 268 g/mol. The summed E-state index contributed by atoms with van der Waals surface area (Å²) in [5, 5.41) is 13.4. The van der Waals surface area contributed by atoms with Crippen LogP contribution in [0.4, 0.5) is 0 Å². The highest BCUT2D eigenvalue weighted by Gasteiger charge is 2.16. The Kier molecular flexibility index (Phi) is 2.38. The minimum atomic E-state index is -0.151. The minimum absolute atomic E-state index is 0.151. The number of pyridine rings is 1. The SMILES string of the molecule is O=c1c(-c2nnn[nH]2)cnc2c3c(ccn12)CCCC3. The van der Waals surface area contributed by atoms with Gasteiger partial charge in [0.15, 0.2) is 5.82 Å². The largest absolute Gasteiger partial charge is 0.269 e. The molecular formula is C13H12N6O. The maximum Gasteiger partial charge on any atom is 0.269 e. The number of nitrogens with one attached hydrogen (secondary N) is 1. The Labute approximate surface area is 113 Å². The van der Waals surface area contributed by atoms with Gasteiger partial charge in [0.05, 0.1) is 0 Å². The molecule has 0 spiro atoms. The first kappa shape index (κ1) is 11.3. The first-order chi connectivity index (χ1) is 9.84. The van der Waals surface area contributed by atoms with Gasteiger partial charge in [-0.05, 0) is 53.3 Å². The summed E-state index contributed by atoms with van der Waals surface area (Å²) in [7, 11) is 0. The average Bonchev–Trinajstić information content (AvgIpc) is 3.01. The van der Waals surface area contributed by atoms with Crippen LogP contribution in [-0.4, -0.2) is 30.0 Å². The van der Waals surface area contributed by atoms with Gasteiger partial charge in [-0.1, -0.05) is 0 Å². The van der Waals surface area contributed by atoms with E-state index in [0.717, 1.165) is 24.9 Å². The van der Waals surface area contributed by atoms with Crippen LogP contribution in [0.3, 0.4) is 0 Å². The van der Waals surface area contributed by atoms with E-state index >= 15 is 0 Å². The molecule has 100 valence electrons. The molecule has 3 aromatic heterocycles. The van der Waals surface area contributed by atoms with Crippen LogP contribution < -0.4 is 5.56 Å². The molecule has 0 saturated heterocycles. The van der Waals surface area contributed by atoms with E-state index in [0.29, 0.717) is 11.4 Å². The van der Waals surface area contributed by atoms with Gasteiger partial charge in [-0.25, -0.2) is 10.1 Å². The molecule has 1 aliphatic rings. The number of aryl methyl sites for hydroxylation is 2. The predicted molar refractivity (Wildman–Crippen MR) is 71.3 cm³/mol. The summed E-state index contributed by atoms with van der Waals surface area (Å²) in [5.41, 5.74) is 3.48. The second-order valence-electron chi connectivity index (χ2n) is 4.95. The molecule has 1 N–H and O–H groups in total. The average molecular weight is 268 g/mol. The van der Waals surface area contributed by atoms with Gasteiger partial charge in [0, 0.05) is 12.4 Å². The minimum Gasteiger partial charge on any atom is -0.268 e. The highest BCUT2D eigenvalue weighted by atomic mass is 16.1. The Morgan fingerprint density at radius 1 is 1.25 bits per heavy atom. The van der Waals surface area contributed by atoms with E-state index in [-0.39, 0.29) is 5.56 Å². The van der Waals surface area contributed by atoms with E-state index in [1.807, 2.05) is 6.07 Å². The fraction of sp³-hybridized carbons (Fsp3) is 0.308. The molecule has 0 saturated carbocycles. The van der Waals surface area contributed by atoms with Gasteiger partial charge in [-0.2, -0.15) is 0 Å². The van der Waals surface area contributed by atoms with Crippen molar-refractivity contribution in [3.05, 3.63) is 39.9 Å². The van der Waals surface area contributed by atoms with Crippen molar-refractivity contribution in [1.29, 1.82) is 0 Å². The molecule has 3 aromatic rings. The Morgan fingerprint density at radius 2 is 2.15 bits per heavy atom. The second-order valence-corrected chi connectivity index (χ2v) is 4.95. The van der Waals surface area contributed by atoms with E-state index < -0.39 is 0 Å². The number of H-pyrrole nitrogens is 1. The van der Waals surface area contributed by atoms with Crippen LogP contribution in [-0.2, 0) is 12.8 Å². The zero-order chi connectivity index (χ0) is 13.5. The van der Waals surface area contributed by atoms with Crippen molar-refractivity contribution in [2.75, 3.05) is 0 Å². The van der Waals surface area contributed by atoms with Crippen LogP contribution in [0.5, 0.6) is 0 Å². The lowest BCUT2D eigenvalue weighted by atomic mass is 9.93. The van der Waals surface area contributed by atoms with Crippen molar-refractivity contribution in [3.8, 4) is 11.4 Å². The van der Waals surface area contributed by atoms with Crippen molar-refractivity contribution in [3.63, 3.8) is 0 Å². The molecule has 0 fully saturated rings. The van der Waals surface area contributed by atoms with Crippen LogP contribution in [0.2, 0.25) is 0 Å². The van der Waals surface area contributed by atoms with Gasteiger partial charge in [0.2, 0.25) is 0 Å². The molecular weight excluding hydrogens is 256 g/mol. The van der Waals surface area contributed by atoms with E-state index in [4.69, 9.17) is 0 Å². The van der Waals surface area contributed by atoms with Crippen LogP contribution in [0, 0.1) is 0 Å². The maximum atomic E-state index is 12.5. The fourth-order valence-electron chi connectivity index (χ4n) is 2.80. The fourth-order valence-corrected chi connectivity index (χ4v) is 2.80. The van der Waals surface area contributed by atoms with Crippen molar-refractivity contribution < 1.29 is 0 Å². The van der Waals surface area contributed by atoms with Gasteiger partial charge >= 0.3 is 0 Å². The van der Waals surface area contributed by atoms with Gasteiger partial charge in [0.25, 0.3) is 5.56 Å². The standard InChI is InChI=1S/C13H12N6O/c20-13-10(11-15-17-18-16-11)7-14-12-9-4-2-1-3-8(9)5-6-19(12)13/h5-7H,1-4H2,(H,15,16,17,18). The number of rotatable bonds is 1. The number of nitrogens with zero attached hydrogens (tertiary/aromatic N) is 5. The van der Waals surface area contributed by atoms with Gasteiger partial charge < -0.3 is 0 Å². The molecule has 0 unspecified atom stereocenters. The molecule has 0 bridgehead atoms. The van der Waals surface area contributed by atoms with Gasteiger partial charge in [-0.15, -0.1) is 5.10 Å². The molecule has 0 atom stereocenters. The van der Waals surface area contributed by atoms with Crippen molar-refractivity contribution in [2.45, 2.75) is 25.7 Å². The molecule has 3 heterocycles. The topological polar surface area (TPSA) is 88.8 Å². The van der Waals surface area contributed by atoms with E-state index in [1.165, 1.54) is 17.5 Å². The lowest BCUT2D eigenvalue weighted by molar-refractivity contribution is 0.683. The molecule has 7 nitrogen and oxygen atoms in total. The van der Waals surface area contributed by atoms with Gasteiger partial charge in [-0.3, -0.25) is 9.20 Å². The van der Waals surface area contributed by atoms with Crippen LogP contribution in [0.25, 0.3) is 17.0 Å². The summed E-state index contributed by atoms with van der Waals surface area (Å²) in [4.78, 5) is 17.0. The zero-order valence-electron chi connectivity index (χ0n) is 10.7. The molecule has 0 aliphatic heterocycles. The summed E-state index contributed by atoms with van der Waals surface area (Å²) in [6, 6.07) is 2.02. The van der Waals surface area contributed by atoms with E-state index in [9.17, 15) is 4.79 Å². The lowest BCUT2D eigenvalue weighted by Gasteiger charge is -2.17. The first-order valence-corrected chi connectivity index (χ1v) is 6.61. The highest BCUT2D eigenvalue weighted by Crippen LogP contribution is 2.23. The number of hydrogen-bond donors (Lipinski definition) is 1. The van der Waals surface area contributed by atoms with Crippen LogP contribution in [0.1, 0.15) is 24.0 Å². The second kappa shape index (κ2) is 4.22. The Bertz CT molecular complexity index is 836. The zero-order valence-corrected chi connectivity index (χ0v) is 10.7. The Balaban J connectivity index is 2.01. The Hall–Kier alpha value is -2.57. The molecule has 1 aliphatic carbocycles.